The Labute approximate surface area is 125 Å². The molecule has 0 radical (unpaired) electrons. The summed E-state index contributed by atoms with van der Waals surface area (Å²) < 4.78 is 6.31. The second kappa shape index (κ2) is 5.48. The molecule has 1 unspecified atom stereocenters. The van der Waals surface area contributed by atoms with E-state index in [-0.39, 0.29) is 11.7 Å². The fraction of sp³-hybridized carbons (Fsp3) is 0.400. The Bertz CT molecular complexity index is 651. The van der Waals surface area contributed by atoms with Crippen molar-refractivity contribution >= 4 is 21.7 Å². The Hall–Kier alpha value is -1.49. The van der Waals surface area contributed by atoms with E-state index in [9.17, 15) is 4.79 Å². The van der Waals surface area contributed by atoms with Crippen LogP contribution in [0.3, 0.4) is 0 Å². The molecule has 3 rings (SSSR count). The molecule has 2 aromatic rings. The van der Waals surface area contributed by atoms with E-state index < -0.39 is 0 Å². The van der Waals surface area contributed by atoms with Crippen molar-refractivity contribution in [2.45, 2.75) is 38.5 Å². The van der Waals surface area contributed by atoms with Gasteiger partial charge in [-0.15, -0.1) is 0 Å². The van der Waals surface area contributed by atoms with Crippen molar-refractivity contribution in [3.8, 4) is 11.4 Å². The van der Waals surface area contributed by atoms with Crippen molar-refractivity contribution in [1.82, 2.24) is 10.1 Å². The lowest BCUT2D eigenvalue weighted by Crippen LogP contribution is -2.17. The SMILES string of the molecule is Cc1ccc(-c2noc(C3CCCCC3=O)n2)cc1Br. The molecule has 0 aliphatic heterocycles. The molecular weight excluding hydrogens is 320 g/mol. The summed E-state index contributed by atoms with van der Waals surface area (Å²) in [5, 5.41) is 4.01. The lowest BCUT2D eigenvalue weighted by atomic mass is 9.88. The Morgan fingerprint density at radius 2 is 2.20 bits per heavy atom. The van der Waals surface area contributed by atoms with Crippen molar-refractivity contribution < 1.29 is 9.32 Å². The molecule has 5 heteroatoms. The number of Topliss-reactive ketones (excluding diaryl/α,β-unsaturated/α-hetero) is 1. The molecule has 1 saturated carbocycles. The van der Waals surface area contributed by atoms with Crippen LogP contribution in [-0.2, 0) is 4.79 Å². The van der Waals surface area contributed by atoms with Crippen LogP contribution in [0.1, 0.15) is 43.1 Å². The molecule has 0 spiro atoms. The van der Waals surface area contributed by atoms with Gasteiger partial charge in [-0.25, -0.2) is 0 Å². The zero-order chi connectivity index (χ0) is 14.1. The first-order chi connectivity index (χ1) is 9.65. The minimum atomic E-state index is -0.209. The topological polar surface area (TPSA) is 56.0 Å². The van der Waals surface area contributed by atoms with E-state index in [1.807, 2.05) is 25.1 Å². The van der Waals surface area contributed by atoms with Crippen molar-refractivity contribution in [2.75, 3.05) is 0 Å². The monoisotopic (exact) mass is 334 g/mol. The molecule has 1 aliphatic carbocycles. The number of aromatic nitrogens is 2. The van der Waals surface area contributed by atoms with Crippen LogP contribution in [0.5, 0.6) is 0 Å². The standard InChI is InChI=1S/C15H15BrN2O2/c1-9-6-7-10(8-12(9)16)14-17-15(20-18-14)11-4-2-3-5-13(11)19/h6-8,11H,2-5H2,1H3. The zero-order valence-electron chi connectivity index (χ0n) is 11.2. The highest BCUT2D eigenvalue weighted by Gasteiger charge is 2.29. The van der Waals surface area contributed by atoms with Gasteiger partial charge in [0.15, 0.2) is 0 Å². The first kappa shape index (κ1) is 13.5. The molecule has 0 saturated heterocycles. The predicted molar refractivity (Wildman–Crippen MR) is 78.4 cm³/mol. The summed E-state index contributed by atoms with van der Waals surface area (Å²) in [6, 6.07) is 5.92. The highest BCUT2D eigenvalue weighted by molar-refractivity contribution is 9.10. The van der Waals surface area contributed by atoms with Crippen LogP contribution in [0.25, 0.3) is 11.4 Å². The summed E-state index contributed by atoms with van der Waals surface area (Å²) >= 11 is 3.50. The van der Waals surface area contributed by atoms with Gasteiger partial charge in [0.05, 0.1) is 5.92 Å². The van der Waals surface area contributed by atoms with Crippen molar-refractivity contribution in [2.24, 2.45) is 0 Å². The van der Waals surface area contributed by atoms with E-state index in [1.165, 1.54) is 0 Å². The highest BCUT2D eigenvalue weighted by atomic mass is 79.9. The van der Waals surface area contributed by atoms with Crippen molar-refractivity contribution in [3.63, 3.8) is 0 Å². The second-order valence-electron chi connectivity index (χ2n) is 5.18. The fourth-order valence-electron chi connectivity index (χ4n) is 2.47. The minimum absolute atomic E-state index is 0.209. The summed E-state index contributed by atoms with van der Waals surface area (Å²) in [6.07, 6.45) is 3.46. The number of hydrogen-bond acceptors (Lipinski definition) is 4. The van der Waals surface area contributed by atoms with Gasteiger partial charge in [-0.3, -0.25) is 4.79 Å². The van der Waals surface area contributed by atoms with E-state index in [2.05, 4.69) is 26.1 Å². The van der Waals surface area contributed by atoms with Gasteiger partial charge in [-0.2, -0.15) is 4.98 Å². The summed E-state index contributed by atoms with van der Waals surface area (Å²) in [5.41, 5.74) is 2.04. The number of benzene rings is 1. The molecule has 1 fully saturated rings. The largest absolute Gasteiger partial charge is 0.338 e. The number of ketones is 1. The molecule has 0 bridgehead atoms. The molecule has 0 amide bonds. The smallest absolute Gasteiger partial charge is 0.237 e. The highest BCUT2D eigenvalue weighted by Crippen LogP contribution is 2.30. The number of aryl methyl sites for hydroxylation is 1. The lowest BCUT2D eigenvalue weighted by Gasteiger charge is -2.16. The molecule has 0 N–H and O–H groups in total. The summed E-state index contributed by atoms with van der Waals surface area (Å²) in [4.78, 5) is 16.3. The van der Waals surface area contributed by atoms with Gasteiger partial charge in [-0.05, 0) is 31.4 Å². The molecule has 1 aromatic carbocycles. The van der Waals surface area contributed by atoms with Crippen LogP contribution in [0.15, 0.2) is 27.2 Å². The minimum Gasteiger partial charge on any atom is -0.338 e. The molecule has 104 valence electrons. The molecule has 1 atom stereocenters. The molecule has 4 nitrogen and oxygen atoms in total. The van der Waals surface area contributed by atoms with Crippen LogP contribution in [0, 0.1) is 6.92 Å². The third-order valence-corrected chi connectivity index (χ3v) is 4.58. The zero-order valence-corrected chi connectivity index (χ0v) is 12.8. The Kier molecular flexibility index (Phi) is 3.70. The summed E-state index contributed by atoms with van der Waals surface area (Å²) in [6.45, 7) is 2.02. The number of carbonyl (C=O) groups excluding carboxylic acids is 1. The maximum Gasteiger partial charge on any atom is 0.237 e. The molecule has 20 heavy (non-hydrogen) atoms. The maximum atomic E-state index is 11.9. The van der Waals surface area contributed by atoms with Gasteiger partial charge < -0.3 is 4.52 Å². The van der Waals surface area contributed by atoms with Gasteiger partial charge in [0.25, 0.3) is 0 Å². The average Bonchev–Trinajstić information content (AvgIpc) is 2.92. The van der Waals surface area contributed by atoms with E-state index in [1.54, 1.807) is 0 Å². The lowest BCUT2D eigenvalue weighted by molar-refractivity contribution is -0.122. The fourth-order valence-corrected chi connectivity index (χ4v) is 2.85. The quantitative estimate of drug-likeness (QED) is 0.831. The van der Waals surface area contributed by atoms with Crippen LogP contribution in [0.4, 0.5) is 0 Å². The van der Waals surface area contributed by atoms with Crippen molar-refractivity contribution in [1.29, 1.82) is 0 Å². The number of rotatable bonds is 2. The van der Waals surface area contributed by atoms with E-state index >= 15 is 0 Å². The molecular formula is C15H15BrN2O2. The first-order valence-corrected chi connectivity index (χ1v) is 7.57. The van der Waals surface area contributed by atoms with Gasteiger partial charge in [0, 0.05) is 16.5 Å². The Morgan fingerprint density at radius 3 is 2.95 bits per heavy atom. The van der Waals surface area contributed by atoms with Gasteiger partial charge >= 0.3 is 0 Å². The third kappa shape index (κ3) is 2.54. The Morgan fingerprint density at radius 1 is 1.35 bits per heavy atom. The number of carbonyl (C=O) groups is 1. The van der Waals surface area contributed by atoms with Crippen LogP contribution < -0.4 is 0 Å². The van der Waals surface area contributed by atoms with Crippen LogP contribution in [-0.4, -0.2) is 15.9 Å². The van der Waals surface area contributed by atoms with E-state index in [0.717, 1.165) is 34.9 Å². The van der Waals surface area contributed by atoms with Crippen LogP contribution >= 0.6 is 15.9 Å². The third-order valence-electron chi connectivity index (χ3n) is 3.72. The second-order valence-corrected chi connectivity index (χ2v) is 6.04. The Balaban J connectivity index is 1.89. The molecule has 1 aliphatic rings. The first-order valence-electron chi connectivity index (χ1n) is 6.78. The predicted octanol–water partition coefficient (Wildman–Crippen LogP) is 4.03. The maximum absolute atomic E-state index is 11.9. The van der Waals surface area contributed by atoms with E-state index in [0.29, 0.717) is 18.1 Å². The number of hydrogen-bond donors (Lipinski definition) is 0. The number of halogens is 1. The summed E-state index contributed by atoms with van der Waals surface area (Å²) in [5.74, 6) is 1.01. The van der Waals surface area contributed by atoms with Gasteiger partial charge in [0.2, 0.25) is 11.7 Å². The molecule has 1 aromatic heterocycles. The molecule has 1 heterocycles. The summed E-state index contributed by atoms with van der Waals surface area (Å²) in [7, 11) is 0. The van der Waals surface area contributed by atoms with E-state index in [4.69, 9.17) is 4.52 Å². The van der Waals surface area contributed by atoms with Gasteiger partial charge in [-0.1, -0.05) is 39.6 Å². The van der Waals surface area contributed by atoms with Gasteiger partial charge in [0.1, 0.15) is 5.78 Å². The normalized spacial score (nSPS) is 19.3. The van der Waals surface area contributed by atoms with Crippen molar-refractivity contribution in [3.05, 3.63) is 34.1 Å². The average molecular weight is 335 g/mol. The number of nitrogens with zero attached hydrogens (tertiary/aromatic N) is 2. The van der Waals surface area contributed by atoms with Crippen LogP contribution in [0.2, 0.25) is 0 Å².